The van der Waals surface area contributed by atoms with Crippen molar-refractivity contribution in [2.45, 2.75) is 70.8 Å². The minimum absolute atomic E-state index is 0.0635. The highest BCUT2D eigenvalue weighted by atomic mass is 16.5. The summed E-state index contributed by atoms with van der Waals surface area (Å²) < 4.78 is 6.56. The van der Waals surface area contributed by atoms with E-state index >= 15 is 0 Å². The largest absolute Gasteiger partial charge is 0.393 e. The van der Waals surface area contributed by atoms with Crippen molar-refractivity contribution in [2.75, 3.05) is 13.1 Å². The number of hydrogen-bond acceptors (Lipinski definition) is 4. The van der Waals surface area contributed by atoms with Crippen LogP contribution in [0.2, 0.25) is 0 Å². The van der Waals surface area contributed by atoms with Crippen LogP contribution >= 0.6 is 0 Å². The average molecular weight is 342 g/mol. The Morgan fingerprint density at radius 2 is 1.88 bits per heavy atom. The molecule has 2 fully saturated rings. The van der Waals surface area contributed by atoms with Gasteiger partial charge in [0.1, 0.15) is 0 Å². The summed E-state index contributed by atoms with van der Waals surface area (Å²) >= 11 is 0. The molecule has 25 heavy (non-hydrogen) atoms. The van der Waals surface area contributed by atoms with Crippen LogP contribution in [0.4, 0.5) is 0 Å². The normalized spacial score (nSPS) is 27.2. The Balaban J connectivity index is 1.59. The first-order valence-electron chi connectivity index (χ1n) is 9.37. The third-order valence-corrected chi connectivity index (χ3v) is 5.71. The van der Waals surface area contributed by atoms with E-state index in [2.05, 4.69) is 31.7 Å². The van der Waals surface area contributed by atoms with Crippen LogP contribution in [0.3, 0.4) is 0 Å². The number of likely N-dealkylation sites (tertiary alicyclic amines) is 1. The van der Waals surface area contributed by atoms with Crippen molar-refractivity contribution in [3.63, 3.8) is 0 Å². The molecule has 2 aliphatic heterocycles. The maximum Gasteiger partial charge on any atom is 0.0991 e. The van der Waals surface area contributed by atoms with Gasteiger partial charge in [0.15, 0.2) is 0 Å². The molecule has 0 aromatic heterocycles. The van der Waals surface area contributed by atoms with E-state index in [-0.39, 0.29) is 23.2 Å². The SMILES string of the molecule is CC(C)(C)[C@H]1C[C@@H](O)CC2(CCN(Cc3ccc(C#N)cc3)CC2)O1. The molecule has 2 heterocycles. The van der Waals surface area contributed by atoms with Gasteiger partial charge in [0, 0.05) is 32.5 Å². The van der Waals surface area contributed by atoms with E-state index in [4.69, 9.17) is 10.00 Å². The van der Waals surface area contributed by atoms with Gasteiger partial charge in [0.2, 0.25) is 0 Å². The van der Waals surface area contributed by atoms with Crippen LogP contribution in [0, 0.1) is 16.7 Å². The minimum Gasteiger partial charge on any atom is -0.393 e. The Kier molecular flexibility index (Phi) is 5.20. The maximum atomic E-state index is 10.4. The highest BCUT2D eigenvalue weighted by molar-refractivity contribution is 5.31. The van der Waals surface area contributed by atoms with Gasteiger partial charge >= 0.3 is 0 Å². The van der Waals surface area contributed by atoms with Gasteiger partial charge in [0.05, 0.1) is 29.4 Å². The third kappa shape index (κ3) is 4.41. The fourth-order valence-electron chi connectivity index (χ4n) is 4.07. The molecule has 2 saturated heterocycles. The first kappa shape index (κ1) is 18.4. The summed E-state index contributed by atoms with van der Waals surface area (Å²) in [5.74, 6) is 0. The number of hydrogen-bond donors (Lipinski definition) is 1. The molecule has 3 rings (SSSR count). The Labute approximate surface area is 151 Å². The second kappa shape index (κ2) is 7.07. The van der Waals surface area contributed by atoms with Crippen molar-refractivity contribution >= 4 is 0 Å². The second-order valence-electron chi connectivity index (χ2n) is 8.83. The fourth-order valence-corrected chi connectivity index (χ4v) is 4.07. The Morgan fingerprint density at radius 3 is 2.44 bits per heavy atom. The summed E-state index contributed by atoms with van der Waals surface area (Å²) in [5.41, 5.74) is 1.86. The standard InChI is InChI=1S/C21H30N2O2/c1-20(2,3)19-12-18(24)13-21(25-19)8-10-23(11-9-21)15-17-6-4-16(14-22)5-7-17/h4-7,18-19,24H,8-13,15H2,1-3H3/t18-,19-/m1/s1. The van der Waals surface area contributed by atoms with Gasteiger partial charge in [-0.3, -0.25) is 4.90 Å². The van der Waals surface area contributed by atoms with Gasteiger partial charge in [-0.1, -0.05) is 32.9 Å². The van der Waals surface area contributed by atoms with E-state index in [1.807, 2.05) is 24.3 Å². The maximum absolute atomic E-state index is 10.4. The molecule has 2 atom stereocenters. The lowest BCUT2D eigenvalue weighted by Gasteiger charge is -2.50. The second-order valence-corrected chi connectivity index (χ2v) is 8.83. The first-order chi connectivity index (χ1) is 11.8. The number of nitriles is 1. The Bertz CT molecular complexity index is 619. The summed E-state index contributed by atoms with van der Waals surface area (Å²) in [7, 11) is 0. The molecule has 0 radical (unpaired) electrons. The molecule has 0 aliphatic carbocycles. The van der Waals surface area contributed by atoms with Crippen LogP contribution in [0.5, 0.6) is 0 Å². The monoisotopic (exact) mass is 342 g/mol. The molecule has 4 nitrogen and oxygen atoms in total. The van der Waals surface area contributed by atoms with Crippen molar-refractivity contribution in [1.29, 1.82) is 5.26 Å². The molecule has 1 aromatic rings. The molecule has 0 unspecified atom stereocenters. The number of benzene rings is 1. The number of rotatable bonds is 2. The topological polar surface area (TPSA) is 56.5 Å². The predicted octanol–water partition coefficient (Wildman–Crippen LogP) is 3.48. The van der Waals surface area contributed by atoms with Gasteiger partial charge in [0.25, 0.3) is 0 Å². The third-order valence-electron chi connectivity index (χ3n) is 5.71. The van der Waals surface area contributed by atoms with E-state index in [9.17, 15) is 5.11 Å². The lowest BCUT2D eigenvalue weighted by Crippen LogP contribution is -2.55. The molecule has 4 heteroatoms. The highest BCUT2D eigenvalue weighted by Crippen LogP contribution is 2.42. The molecule has 136 valence electrons. The summed E-state index contributed by atoms with van der Waals surface area (Å²) in [6.07, 6.45) is 3.36. The van der Waals surface area contributed by atoms with Gasteiger partial charge in [-0.2, -0.15) is 5.26 Å². The summed E-state index contributed by atoms with van der Waals surface area (Å²) in [4.78, 5) is 2.45. The Morgan fingerprint density at radius 1 is 1.24 bits per heavy atom. The van der Waals surface area contributed by atoms with Crippen molar-refractivity contribution in [1.82, 2.24) is 4.90 Å². The fraction of sp³-hybridized carbons (Fsp3) is 0.667. The Hall–Kier alpha value is -1.41. The molecule has 1 spiro atoms. The zero-order chi connectivity index (χ0) is 18.1. The summed E-state index contributed by atoms with van der Waals surface area (Å²) in [6.45, 7) is 9.48. The van der Waals surface area contributed by atoms with E-state index in [0.717, 1.165) is 45.3 Å². The van der Waals surface area contributed by atoms with Crippen molar-refractivity contribution in [2.24, 2.45) is 5.41 Å². The van der Waals surface area contributed by atoms with E-state index < -0.39 is 0 Å². The quantitative estimate of drug-likeness (QED) is 0.894. The van der Waals surface area contributed by atoms with Crippen molar-refractivity contribution in [3.8, 4) is 6.07 Å². The minimum atomic E-state index is -0.247. The average Bonchev–Trinajstić information content (AvgIpc) is 2.56. The molecular weight excluding hydrogens is 312 g/mol. The van der Waals surface area contributed by atoms with Crippen molar-refractivity contribution in [3.05, 3.63) is 35.4 Å². The molecule has 1 N–H and O–H groups in total. The van der Waals surface area contributed by atoms with E-state index in [0.29, 0.717) is 5.56 Å². The van der Waals surface area contributed by atoms with Crippen LogP contribution in [0.25, 0.3) is 0 Å². The van der Waals surface area contributed by atoms with Crippen LogP contribution in [-0.2, 0) is 11.3 Å². The van der Waals surface area contributed by atoms with Gasteiger partial charge in [-0.25, -0.2) is 0 Å². The molecule has 0 amide bonds. The molecule has 0 saturated carbocycles. The lowest BCUT2D eigenvalue weighted by molar-refractivity contribution is -0.207. The number of ether oxygens (including phenoxy) is 1. The number of aliphatic hydroxyl groups excluding tert-OH is 1. The van der Waals surface area contributed by atoms with Crippen LogP contribution in [0.15, 0.2) is 24.3 Å². The van der Waals surface area contributed by atoms with Crippen LogP contribution in [-0.4, -0.2) is 40.9 Å². The summed E-state index contributed by atoms with van der Waals surface area (Å²) in [6, 6.07) is 10.0. The van der Waals surface area contributed by atoms with E-state index in [1.165, 1.54) is 5.56 Å². The number of aliphatic hydroxyl groups is 1. The first-order valence-corrected chi connectivity index (χ1v) is 9.37. The van der Waals surface area contributed by atoms with Crippen LogP contribution in [0.1, 0.15) is 57.6 Å². The van der Waals surface area contributed by atoms with Gasteiger partial charge in [-0.05, 0) is 36.0 Å². The number of nitrogens with zero attached hydrogens (tertiary/aromatic N) is 2. The zero-order valence-electron chi connectivity index (χ0n) is 15.7. The van der Waals surface area contributed by atoms with Gasteiger partial charge < -0.3 is 9.84 Å². The van der Waals surface area contributed by atoms with E-state index in [1.54, 1.807) is 0 Å². The number of piperidine rings is 1. The summed E-state index contributed by atoms with van der Waals surface area (Å²) in [5, 5.41) is 19.3. The zero-order valence-corrected chi connectivity index (χ0v) is 15.7. The predicted molar refractivity (Wildman–Crippen MR) is 98.0 cm³/mol. The molecule has 0 bridgehead atoms. The smallest absolute Gasteiger partial charge is 0.0991 e. The van der Waals surface area contributed by atoms with Crippen molar-refractivity contribution < 1.29 is 9.84 Å². The lowest BCUT2D eigenvalue weighted by atomic mass is 9.76. The molecular formula is C21H30N2O2. The highest BCUT2D eigenvalue weighted by Gasteiger charge is 2.46. The van der Waals surface area contributed by atoms with Crippen LogP contribution < -0.4 is 0 Å². The van der Waals surface area contributed by atoms with Gasteiger partial charge in [-0.15, -0.1) is 0 Å². The molecule has 1 aromatic carbocycles. The molecule has 2 aliphatic rings.